The molecule has 2 amide bonds. The Hall–Kier alpha value is -3.29. The van der Waals surface area contributed by atoms with Crippen molar-refractivity contribution in [3.05, 3.63) is 68.2 Å². The largest absolute Gasteiger partial charge is 0.496 e. The Morgan fingerprint density at radius 2 is 1.86 bits per heavy atom. The number of hydrogen-bond donors (Lipinski definition) is 2. The maximum absolute atomic E-state index is 13.0. The Bertz CT molecular complexity index is 1230. The van der Waals surface area contributed by atoms with Gasteiger partial charge in [0.25, 0.3) is 0 Å². The number of nitrogens with one attached hydrogen (secondary N) is 2. The van der Waals surface area contributed by atoms with Crippen LogP contribution in [0.5, 0.6) is 5.75 Å². The van der Waals surface area contributed by atoms with E-state index < -0.39 is 23.7 Å². The third-order valence-electron chi connectivity index (χ3n) is 5.37. The first-order valence-corrected chi connectivity index (χ1v) is 12.3. The van der Waals surface area contributed by atoms with Gasteiger partial charge in [0.2, 0.25) is 11.8 Å². The first-order valence-electron chi connectivity index (χ1n) is 10.6. The second-order valence-corrected chi connectivity index (χ2v) is 9.77. The summed E-state index contributed by atoms with van der Waals surface area (Å²) in [6.07, 6.45) is 0. The van der Waals surface area contributed by atoms with Crippen LogP contribution in [0.1, 0.15) is 22.6 Å². The van der Waals surface area contributed by atoms with Gasteiger partial charge in [-0.3, -0.25) is 14.4 Å². The molecule has 0 fully saturated rings. The molecule has 35 heavy (non-hydrogen) atoms. The lowest BCUT2D eigenvalue weighted by atomic mass is 9.78. The van der Waals surface area contributed by atoms with Gasteiger partial charge in [-0.2, -0.15) is 5.26 Å². The molecule has 2 atom stereocenters. The minimum atomic E-state index is -1.26. The number of carbonyl (C=O) groups excluding carboxylic acids is 3. The molecular weight excluding hydrogens is 534 g/mol. The summed E-state index contributed by atoms with van der Waals surface area (Å²) in [6, 6.07) is 12.9. The summed E-state index contributed by atoms with van der Waals surface area (Å²) in [5.74, 6) is -3.30. The Morgan fingerprint density at radius 3 is 2.43 bits per heavy atom. The second-order valence-electron chi connectivity index (χ2n) is 7.93. The molecule has 2 N–H and O–H groups in total. The number of halogens is 1. The zero-order valence-corrected chi connectivity index (χ0v) is 22.0. The van der Waals surface area contributed by atoms with E-state index >= 15 is 0 Å². The molecule has 2 aromatic carbocycles. The van der Waals surface area contributed by atoms with Gasteiger partial charge in [0, 0.05) is 11.6 Å². The van der Waals surface area contributed by atoms with Crippen LogP contribution in [0.4, 0.5) is 5.69 Å². The van der Waals surface area contributed by atoms with E-state index in [1.807, 2.05) is 32.0 Å². The maximum Gasteiger partial charge on any atom is 0.319 e. The summed E-state index contributed by atoms with van der Waals surface area (Å²) in [5, 5.41) is 15.7. The fraction of sp³-hybridized carbons (Fsp3) is 0.280. The number of nitriles is 1. The van der Waals surface area contributed by atoms with E-state index in [0.717, 1.165) is 22.9 Å². The Morgan fingerprint density at radius 1 is 1.17 bits per heavy atom. The summed E-state index contributed by atoms with van der Waals surface area (Å²) >= 11 is 4.44. The van der Waals surface area contributed by atoms with Crippen molar-refractivity contribution >= 4 is 51.2 Å². The van der Waals surface area contributed by atoms with Gasteiger partial charge >= 0.3 is 5.97 Å². The number of carbonyl (C=O) groups is 3. The lowest BCUT2D eigenvalue weighted by Crippen LogP contribution is -2.44. The van der Waals surface area contributed by atoms with Crippen molar-refractivity contribution < 1.29 is 23.9 Å². The summed E-state index contributed by atoms with van der Waals surface area (Å²) in [5.41, 5.74) is 3.43. The number of anilines is 1. The molecule has 0 aromatic heterocycles. The Kier molecular flexibility index (Phi) is 8.59. The molecular formula is C25H24BrN3O5S. The standard InChI is InChI=1S/C25H24BrN3O5S/c1-13-7-14(2)9-16(8-13)28-20(30)12-35-24-17(11-27)21(22(23(31)29-24)25(32)34-4)15-5-6-19(33-3)18(26)10-15/h5-10,21-22H,12H2,1-4H3,(H,28,30)(H,29,31)/t21-,22-/m0/s1. The van der Waals surface area contributed by atoms with Crippen LogP contribution in [0.3, 0.4) is 0 Å². The quantitative estimate of drug-likeness (QED) is 0.387. The number of hydrogen-bond acceptors (Lipinski definition) is 7. The molecule has 0 bridgehead atoms. The van der Waals surface area contributed by atoms with Crippen molar-refractivity contribution in [1.29, 1.82) is 5.26 Å². The third-order valence-corrected chi connectivity index (χ3v) is 7.01. The number of ether oxygens (including phenoxy) is 2. The molecule has 3 rings (SSSR count). The molecule has 1 aliphatic rings. The predicted octanol–water partition coefficient (Wildman–Crippen LogP) is 4.18. The van der Waals surface area contributed by atoms with Gasteiger partial charge < -0.3 is 20.1 Å². The van der Waals surface area contributed by atoms with Crippen molar-refractivity contribution in [3.63, 3.8) is 0 Å². The monoisotopic (exact) mass is 557 g/mol. The Balaban J connectivity index is 1.92. The summed E-state index contributed by atoms with van der Waals surface area (Å²) in [4.78, 5) is 38.1. The topological polar surface area (TPSA) is 118 Å². The summed E-state index contributed by atoms with van der Waals surface area (Å²) < 4.78 is 10.7. The number of rotatable bonds is 7. The predicted molar refractivity (Wildman–Crippen MR) is 137 cm³/mol. The van der Waals surface area contributed by atoms with Gasteiger partial charge in [-0.1, -0.05) is 23.9 Å². The SMILES string of the molecule is COC(=O)[C@@H]1C(=O)NC(SCC(=O)Nc2cc(C)cc(C)c2)=C(C#N)[C@@H]1c1ccc(OC)c(Br)c1. The number of allylic oxidation sites excluding steroid dienone is 1. The van der Waals surface area contributed by atoms with Crippen molar-refractivity contribution in [2.24, 2.45) is 5.92 Å². The minimum absolute atomic E-state index is 0.0459. The van der Waals surface area contributed by atoms with Gasteiger partial charge in [-0.15, -0.1) is 0 Å². The van der Waals surface area contributed by atoms with Crippen LogP contribution in [0.25, 0.3) is 0 Å². The molecule has 1 aliphatic heterocycles. The highest BCUT2D eigenvalue weighted by atomic mass is 79.9. The smallest absolute Gasteiger partial charge is 0.319 e. The molecule has 8 nitrogen and oxygen atoms in total. The van der Waals surface area contributed by atoms with E-state index in [0.29, 0.717) is 21.5 Å². The molecule has 0 spiro atoms. The van der Waals surface area contributed by atoms with Crippen LogP contribution in [-0.2, 0) is 19.1 Å². The van der Waals surface area contributed by atoms with E-state index in [1.165, 1.54) is 14.2 Å². The first kappa shape index (κ1) is 26.3. The number of benzene rings is 2. The van der Waals surface area contributed by atoms with Crippen LogP contribution in [0, 0.1) is 31.1 Å². The van der Waals surface area contributed by atoms with Crippen molar-refractivity contribution in [2.45, 2.75) is 19.8 Å². The van der Waals surface area contributed by atoms with Gasteiger partial charge in [0.1, 0.15) is 11.7 Å². The lowest BCUT2D eigenvalue weighted by Gasteiger charge is -2.31. The molecule has 0 aliphatic carbocycles. The highest BCUT2D eigenvalue weighted by Gasteiger charge is 2.44. The number of aryl methyl sites for hydroxylation is 2. The van der Waals surface area contributed by atoms with Crippen LogP contribution in [0.15, 0.2) is 51.5 Å². The van der Waals surface area contributed by atoms with Gasteiger partial charge in [0.05, 0.1) is 41.1 Å². The lowest BCUT2D eigenvalue weighted by molar-refractivity contribution is -0.150. The number of nitrogens with zero attached hydrogens (tertiary/aromatic N) is 1. The molecule has 0 radical (unpaired) electrons. The molecule has 182 valence electrons. The van der Waals surface area contributed by atoms with E-state index in [1.54, 1.807) is 18.2 Å². The summed E-state index contributed by atoms with van der Waals surface area (Å²) in [7, 11) is 2.71. The number of esters is 1. The van der Waals surface area contributed by atoms with E-state index in [9.17, 15) is 19.6 Å². The average Bonchev–Trinajstić information content (AvgIpc) is 2.81. The van der Waals surface area contributed by atoms with Gasteiger partial charge in [0.15, 0.2) is 0 Å². The molecule has 1 heterocycles. The zero-order valence-electron chi connectivity index (χ0n) is 19.6. The van der Waals surface area contributed by atoms with E-state index in [4.69, 9.17) is 9.47 Å². The summed E-state index contributed by atoms with van der Waals surface area (Å²) in [6.45, 7) is 3.88. The zero-order chi connectivity index (χ0) is 25.7. The fourth-order valence-electron chi connectivity index (χ4n) is 3.94. The number of thioether (sulfide) groups is 1. The molecule has 2 aromatic rings. The first-order chi connectivity index (χ1) is 16.7. The average molecular weight is 558 g/mol. The highest BCUT2D eigenvalue weighted by molar-refractivity contribution is 9.10. The normalized spacial score (nSPS) is 17.3. The molecule has 10 heteroatoms. The Labute approximate surface area is 216 Å². The fourth-order valence-corrected chi connectivity index (χ4v) is 5.34. The van der Waals surface area contributed by atoms with Crippen molar-refractivity contribution in [2.75, 3.05) is 25.3 Å². The maximum atomic E-state index is 13.0. The van der Waals surface area contributed by atoms with E-state index in [-0.39, 0.29) is 22.3 Å². The molecule has 0 unspecified atom stereocenters. The van der Waals surface area contributed by atoms with Crippen LogP contribution >= 0.6 is 27.7 Å². The van der Waals surface area contributed by atoms with Gasteiger partial charge in [-0.25, -0.2) is 0 Å². The highest BCUT2D eigenvalue weighted by Crippen LogP contribution is 2.42. The van der Waals surface area contributed by atoms with Crippen LogP contribution in [0.2, 0.25) is 0 Å². The van der Waals surface area contributed by atoms with Crippen molar-refractivity contribution in [3.8, 4) is 11.8 Å². The third kappa shape index (κ3) is 6.05. The second kappa shape index (κ2) is 11.4. The molecule has 0 saturated carbocycles. The van der Waals surface area contributed by atoms with Crippen molar-refractivity contribution in [1.82, 2.24) is 5.32 Å². The van der Waals surface area contributed by atoms with Crippen LogP contribution in [-0.4, -0.2) is 37.8 Å². The minimum Gasteiger partial charge on any atom is -0.496 e. The number of amides is 2. The van der Waals surface area contributed by atoms with E-state index in [2.05, 4.69) is 32.6 Å². The van der Waals surface area contributed by atoms with Gasteiger partial charge in [-0.05, 0) is 70.7 Å². The van der Waals surface area contributed by atoms with Crippen LogP contribution < -0.4 is 15.4 Å². The molecule has 0 saturated heterocycles. The number of methoxy groups -OCH3 is 2.